The van der Waals surface area contributed by atoms with Crippen molar-refractivity contribution < 1.29 is 9.21 Å². The smallest absolute Gasteiger partial charge is 0.253 e. The molecule has 0 spiro atoms. The molecule has 33 heavy (non-hydrogen) atoms. The normalized spacial score (nSPS) is 17.5. The van der Waals surface area contributed by atoms with Crippen molar-refractivity contribution in [2.75, 3.05) is 5.75 Å². The highest BCUT2D eigenvalue weighted by Gasteiger charge is 2.35. The predicted molar refractivity (Wildman–Crippen MR) is 131 cm³/mol. The molecule has 1 aliphatic heterocycles. The number of nitrogens with zero attached hydrogens (tertiary/aromatic N) is 4. The fourth-order valence-corrected chi connectivity index (χ4v) is 6.76. The summed E-state index contributed by atoms with van der Waals surface area (Å²) in [7, 11) is 0. The van der Waals surface area contributed by atoms with Crippen LogP contribution in [0.15, 0.2) is 63.5 Å². The lowest BCUT2D eigenvalue weighted by Gasteiger charge is -2.19. The summed E-state index contributed by atoms with van der Waals surface area (Å²) in [6, 6.07) is 11.0. The van der Waals surface area contributed by atoms with Crippen LogP contribution in [0.1, 0.15) is 40.6 Å². The monoisotopic (exact) mass is 494 g/mol. The molecular formula is C24H19ClN4O2S2. The van der Waals surface area contributed by atoms with Crippen LogP contribution in [0.4, 0.5) is 0 Å². The largest absolute Gasteiger partial charge is 0.467 e. The molecule has 0 bridgehead atoms. The van der Waals surface area contributed by atoms with E-state index < -0.39 is 0 Å². The number of rotatable bonds is 5. The third-order valence-corrected chi connectivity index (χ3v) is 8.44. The van der Waals surface area contributed by atoms with Crippen LogP contribution < -0.4 is 0 Å². The first kappa shape index (κ1) is 20.9. The number of hydrazone groups is 1. The van der Waals surface area contributed by atoms with Crippen molar-refractivity contribution in [1.82, 2.24) is 15.0 Å². The van der Waals surface area contributed by atoms with E-state index in [1.165, 1.54) is 28.6 Å². The lowest BCUT2D eigenvalue weighted by Crippen LogP contribution is -2.28. The van der Waals surface area contributed by atoms with Crippen molar-refractivity contribution >= 4 is 56.5 Å². The number of hydrogen-bond donors (Lipinski definition) is 0. The molecule has 0 fully saturated rings. The Morgan fingerprint density at radius 2 is 2.09 bits per heavy atom. The zero-order valence-electron chi connectivity index (χ0n) is 17.5. The van der Waals surface area contributed by atoms with Gasteiger partial charge >= 0.3 is 0 Å². The Morgan fingerprint density at radius 1 is 1.21 bits per heavy atom. The van der Waals surface area contributed by atoms with Gasteiger partial charge in [0.05, 0.1) is 17.7 Å². The molecule has 0 saturated carbocycles. The van der Waals surface area contributed by atoms with Gasteiger partial charge in [-0.2, -0.15) is 5.10 Å². The molecule has 6 rings (SSSR count). The minimum absolute atomic E-state index is 0.0796. The molecule has 0 saturated heterocycles. The fourth-order valence-electron chi connectivity index (χ4n) is 4.46. The lowest BCUT2D eigenvalue weighted by atomic mass is 10.0. The quantitative estimate of drug-likeness (QED) is 0.255. The maximum Gasteiger partial charge on any atom is 0.253 e. The van der Waals surface area contributed by atoms with E-state index in [-0.39, 0.29) is 17.7 Å². The third kappa shape index (κ3) is 3.86. The van der Waals surface area contributed by atoms with Crippen LogP contribution in [0.3, 0.4) is 0 Å². The highest BCUT2D eigenvalue weighted by atomic mass is 35.5. The van der Waals surface area contributed by atoms with Crippen LogP contribution >= 0.6 is 34.7 Å². The van der Waals surface area contributed by atoms with Crippen molar-refractivity contribution in [3.05, 3.63) is 75.8 Å². The molecule has 2 aliphatic rings. The first-order chi connectivity index (χ1) is 16.2. The zero-order chi connectivity index (χ0) is 22.4. The minimum atomic E-state index is -0.269. The average molecular weight is 495 g/mol. The molecule has 4 aromatic rings. The van der Waals surface area contributed by atoms with Gasteiger partial charge in [-0.1, -0.05) is 35.5 Å². The van der Waals surface area contributed by atoms with Crippen molar-refractivity contribution in [3.8, 4) is 0 Å². The molecule has 1 aliphatic carbocycles. The highest BCUT2D eigenvalue weighted by molar-refractivity contribution is 8.00. The first-order valence-corrected chi connectivity index (χ1v) is 12.9. The summed E-state index contributed by atoms with van der Waals surface area (Å²) in [4.78, 5) is 24.8. The molecule has 4 heterocycles. The summed E-state index contributed by atoms with van der Waals surface area (Å²) in [5, 5.41) is 8.93. The second kappa shape index (κ2) is 8.59. The van der Waals surface area contributed by atoms with Gasteiger partial charge in [0.25, 0.3) is 5.91 Å². The molecule has 1 amide bonds. The summed E-state index contributed by atoms with van der Waals surface area (Å²) in [5.74, 6) is 0.885. The van der Waals surface area contributed by atoms with Crippen LogP contribution in [0.5, 0.6) is 0 Å². The Morgan fingerprint density at radius 3 is 2.91 bits per heavy atom. The van der Waals surface area contributed by atoms with Crippen LogP contribution in [0.2, 0.25) is 5.02 Å². The topological polar surface area (TPSA) is 71.6 Å². The second-order valence-corrected chi connectivity index (χ2v) is 10.5. The number of thiophene rings is 1. The van der Waals surface area contributed by atoms with E-state index in [4.69, 9.17) is 21.1 Å². The van der Waals surface area contributed by atoms with E-state index in [1.807, 2.05) is 36.4 Å². The molecule has 0 N–H and O–H groups in total. The molecular weight excluding hydrogens is 476 g/mol. The average Bonchev–Trinajstić information content (AvgIpc) is 3.61. The number of halogens is 1. The molecule has 1 aromatic carbocycles. The molecule has 3 aromatic heterocycles. The number of fused-ring (bicyclic) bond motifs is 3. The number of aryl methyl sites for hydroxylation is 2. The van der Waals surface area contributed by atoms with E-state index >= 15 is 0 Å². The molecule has 1 atom stereocenters. The maximum absolute atomic E-state index is 13.4. The summed E-state index contributed by atoms with van der Waals surface area (Å²) in [5.41, 5.74) is 3.15. The Hall–Kier alpha value is -2.68. The van der Waals surface area contributed by atoms with Gasteiger partial charge in [-0.05, 0) is 54.7 Å². The van der Waals surface area contributed by atoms with Gasteiger partial charge in [0.1, 0.15) is 28.0 Å². The van der Waals surface area contributed by atoms with Crippen LogP contribution in [-0.4, -0.2) is 32.3 Å². The summed E-state index contributed by atoms with van der Waals surface area (Å²) >= 11 is 9.26. The Bertz CT molecular complexity index is 1370. The SMILES string of the molecule is O=C(CSc1ncnc2sc3c(c12)CCC3)N1N=C(c2ccc(Cl)cc2)C[C@@H]1c1ccco1. The van der Waals surface area contributed by atoms with E-state index in [1.54, 1.807) is 28.9 Å². The van der Waals surface area contributed by atoms with Crippen LogP contribution in [0.25, 0.3) is 10.2 Å². The third-order valence-electron chi connectivity index (χ3n) is 6.01. The van der Waals surface area contributed by atoms with Gasteiger partial charge < -0.3 is 4.42 Å². The molecule has 0 unspecified atom stereocenters. The first-order valence-electron chi connectivity index (χ1n) is 10.7. The van der Waals surface area contributed by atoms with Crippen molar-refractivity contribution in [1.29, 1.82) is 0 Å². The van der Waals surface area contributed by atoms with Crippen molar-refractivity contribution in [2.45, 2.75) is 36.8 Å². The fraction of sp³-hybridized carbons (Fsp3) is 0.250. The number of benzene rings is 1. The number of hydrogen-bond acceptors (Lipinski definition) is 7. The predicted octanol–water partition coefficient (Wildman–Crippen LogP) is 5.90. The number of amides is 1. The molecule has 0 radical (unpaired) electrons. The van der Waals surface area contributed by atoms with E-state index in [2.05, 4.69) is 9.97 Å². The van der Waals surface area contributed by atoms with E-state index in [9.17, 15) is 4.79 Å². The standard InChI is InChI=1S/C24H19ClN4O2S2/c25-15-8-6-14(7-9-15)17-11-18(19-4-2-10-31-19)29(28-17)21(30)12-32-23-22-16-3-1-5-20(16)33-24(22)27-13-26-23/h2,4,6-10,13,18H,1,3,5,11-12H2/t18-/m1/s1. The zero-order valence-corrected chi connectivity index (χ0v) is 19.9. The summed E-state index contributed by atoms with van der Waals surface area (Å²) in [6.07, 6.45) is 7.16. The van der Waals surface area contributed by atoms with Crippen LogP contribution in [-0.2, 0) is 17.6 Å². The number of carbonyl (C=O) groups excluding carboxylic acids is 1. The maximum atomic E-state index is 13.4. The molecule has 9 heteroatoms. The Balaban J connectivity index is 1.27. The number of furan rings is 1. The number of aromatic nitrogens is 2. The van der Waals surface area contributed by atoms with Gasteiger partial charge in [-0.3, -0.25) is 4.79 Å². The molecule has 6 nitrogen and oxygen atoms in total. The van der Waals surface area contributed by atoms with Gasteiger partial charge in [-0.25, -0.2) is 15.0 Å². The number of thioether (sulfide) groups is 1. The van der Waals surface area contributed by atoms with Gasteiger partial charge in [0.15, 0.2) is 0 Å². The Kier molecular flexibility index (Phi) is 5.44. The molecule has 166 valence electrons. The number of carbonyl (C=O) groups is 1. The van der Waals surface area contributed by atoms with Gasteiger partial charge in [0, 0.05) is 21.7 Å². The van der Waals surface area contributed by atoms with E-state index in [0.29, 0.717) is 11.4 Å². The lowest BCUT2D eigenvalue weighted by molar-refractivity contribution is -0.130. The Labute approximate surface area is 203 Å². The summed E-state index contributed by atoms with van der Waals surface area (Å²) in [6.45, 7) is 0. The van der Waals surface area contributed by atoms with Gasteiger partial charge in [-0.15, -0.1) is 11.3 Å². The van der Waals surface area contributed by atoms with Gasteiger partial charge in [0.2, 0.25) is 0 Å². The van der Waals surface area contributed by atoms with Crippen molar-refractivity contribution in [3.63, 3.8) is 0 Å². The summed E-state index contributed by atoms with van der Waals surface area (Å²) < 4.78 is 5.65. The van der Waals surface area contributed by atoms with Crippen molar-refractivity contribution in [2.24, 2.45) is 5.10 Å². The minimum Gasteiger partial charge on any atom is -0.467 e. The second-order valence-electron chi connectivity index (χ2n) is 8.03. The van der Waals surface area contributed by atoms with Crippen LogP contribution in [0, 0.1) is 0 Å². The highest BCUT2D eigenvalue weighted by Crippen LogP contribution is 2.40. The van der Waals surface area contributed by atoms with E-state index in [0.717, 1.165) is 45.1 Å².